The van der Waals surface area contributed by atoms with Gasteiger partial charge in [0.2, 0.25) is 5.91 Å². The summed E-state index contributed by atoms with van der Waals surface area (Å²) in [5.74, 6) is -1.31. The zero-order valence-electron chi connectivity index (χ0n) is 11.5. The number of aromatic nitrogens is 1. The first-order chi connectivity index (χ1) is 10.0. The van der Waals surface area contributed by atoms with Crippen LogP contribution >= 0.6 is 15.9 Å². The molecule has 0 unspecified atom stereocenters. The minimum atomic E-state index is -1.05. The molecule has 1 aromatic heterocycles. The predicted molar refractivity (Wildman–Crippen MR) is 83.5 cm³/mol. The van der Waals surface area contributed by atoms with E-state index in [0.29, 0.717) is 0 Å². The van der Waals surface area contributed by atoms with Gasteiger partial charge in [0.25, 0.3) is 0 Å². The van der Waals surface area contributed by atoms with Crippen LogP contribution < -0.4 is 5.32 Å². The number of carboxylic acids is 1. The highest BCUT2D eigenvalue weighted by Crippen LogP contribution is 2.21. The van der Waals surface area contributed by atoms with Crippen LogP contribution in [0.2, 0.25) is 0 Å². The van der Waals surface area contributed by atoms with Crippen LogP contribution in [0.25, 0.3) is 0 Å². The van der Waals surface area contributed by atoms with Gasteiger partial charge in [-0.05, 0) is 42.3 Å². The van der Waals surface area contributed by atoms with Crippen molar-refractivity contribution in [3.05, 3.63) is 52.3 Å². The number of hydrogen-bond donors (Lipinski definition) is 2. The van der Waals surface area contributed by atoms with Gasteiger partial charge in [-0.15, -0.1) is 0 Å². The Morgan fingerprint density at radius 3 is 2.76 bits per heavy atom. The van der Waals surface area contributed by atoms with Gasteiger partial charge in [-0.1, -0.05) is 22.9 Å². The number of nitrogens with zero attached hydrogens (tertiary/aromatic N) is 1. The van der Waals surface area contributed by atoms with Crippen molar-refractivity contribution in [2.24, 2.45) is 0 Å². The highest BCUT2D eigenvalue weighted by molar-refractivity contribution is 9.10. The quantitative estimate of drug-likeness (QED) is 0.869. The predicted octanol–water partition coefficient (Wildman–Crippen LogP) is 3.15. The summed E-state index contributed by atoms with van der Waals surface area (Å²) in [6.07, 6.45) is 2.37. The third kappa shape index (κ3) is 3.72. The normalized spacial score (nSPS) is 10.4. The summed E-state index contributed by atoms with van der Waals surface area (Å²) in [4.78, 5) is 23.1. The maximum absolute atomic E-state index is 12.1. The smallest absolute Gasteiger partial charge is 0.352 e. The Morgan fingerprint density at radius 2 is 2.10 bits per heavy atom. The molecule has 21 heavy (non-hydrogen) atoms. The van der Waals surface area contributed by atoms with E-state index >= 15 is 0 Å². The van der Waals surface area contributed by atoms with Crippen molar-refractivity contribution < 1.29 is 14.7 Å². The van der Waals surface area contributed by atoms with E-state index in [1.807, 2.05) is 25.1 Å². The Labute approximate surface area is 130 Å². The van der Waals surface area contributed by atoms with E-state index in [1.165, 1.54) is 10.6 Å². The van der Waals surface area contributed by atoms with Gasteiger partial charge in [-0.25, -0.2) is 4.79 Å². The summed E-state index contributed by atoms with van der Waals surface area (Å²) in [5, 5.41) is 11.8. The lowest BCUT2D eigenvalue weighted by Gasteiger charge is -2.11. The molecule has 0 radical (unpaired) electrons. The number of carbonyl (C=O) groups is 2. The van der Waals surface area contributed by atoms with Gasteiger partial charge in [0.15, 0.2) is 0 Å². The fraction of sp³-hybridized carbons (Fsp3) is 0.200. The average molecular weight is 351 g/mol. The van der Waals surface area contributed by atoms with Crippen molar-refractivity contribution in [3.8, 4) is 0 Å². The molecule has 0 spiro atoms. The summed E-state index contributed by atoms with van der Waals surface area (Å²) in [6.45, 7) is 1.97. The van der Waals surface area contributed by atoms with Crippen LogP contribution in [0.15, 0.2) is 41.0 Å². The molecule has 1 aromatic carbocycles. The van der Waals surface area contributed by atoms with E-state index < -0.39 is 5.97 Å². The van der Waals surface area contributed by atoms with Gasteiger partial charge in [0, 0.05) is 16.4 Å². The van der Waals surface area contributed by atoms with E-state index in [4.69, 9.17) is 5.11 Å². The van der Waals surface area contributed by atoms with E-state index in [-0.39, 0.29) is 18.1 Å². The number of carbonyl (C=O) groups excluding carboxylic acids is 1. The molecule has 0 fully saturated rings. The lowest BCUT2D eigenvalue weighted by atomic mass is 10.1. The number of anilines is 1. The van der Waals surface area contributed by atoms with E-state index in [0.717, 1.165) is 22.1 Å². The SMILES string of the molecule is CCc1cc(Br)ccc1NC(=O)Cn1cccc1C(=O)O. The lowest BCUT2D eigenvalue weighted by molar-refractivity contribution is -0.116. The second-order valence-electron chi connectivity index (χ2n) is 4.53. The number of hydrogen-bond acceptors (Lipinski definition) is 2. The van der Waals surface area contributed by atoms with Crippen LogP contribution in [0.1, 0.15) is 23.0 Å². The molecule has 0 aliphatic heterocycles. The summed E-state index contributed by atoms with van der Waals surface area (Å²) in [6, 6.07) is 8.70. The van der Waals surface area contributed by atoms with E-state index in [9.17, 15) is 9.59 Å². The molecule has 2 N–H and O–H groups in total. The van der Waals surface area contributed by atoms with Gasteiger partial charge >= 0.3 is 5.97 Å². The molecule has 0 aliphatic carbocycles. The number of carboxylic acid groups (broad SMARTS) is 1. The monoisotopic (exact) mass is 350 g/mol. The van der Waals surface area contributed by atoms with Crippen molar-refractivity contribution >= 4 is 33.5 Å². The van der Waals surface area contributed by atoms with Crippen molar-refractivity contribution in [3.63, 3.8) is 0 Å². The Hall–Kier alpha value is -2.08. The van der Waals surface area contributed by atoms with Gasteiger partial charge in [-0.3, -0.25) is 4.79 Å². The van der Waals surface area contributed by atoms with Crippen molar-refractivity contribution in [2.45, 2.75) is 19.9 Å². The Bertz CT molecular complexity index is 679. The molecule has 110 valence electrons. The van der Waals surface area contributed by atoms with Crippen LogP contribution in [0, 0.1) is 0 Å². The van der Waals surface area contributed by atoms with Crippen LogP contribution in [0.3, 0.4) is 0 Å². The Morgan fingerprint density at radius 1 is 1.33 bits per heavy atom. The maximum atomic E-state index is 12.1. The zero-order valence-corrected chi connectivity index (χ0v) is 13.1. The molecule has 2 rings (SSSR count). The topological polar surface area (TPSA) is 71.3 Å². The fourth-order valence-corrected chi connectivity index (χ4v) is 2.48. The summed E-state index contributed by atoms with van der Waals surface area (Å²) >= 11 is 3.40. The molecular formula is C15H15BrN2O3. The number of halogens is 1. The second-order valence-corrected chi connectivity index (χ2v) is 5.45. The van der Waals surface area contributed by atoms with Gasteiger partial charge < -0.3 is 15.0 Å². The molecule has 6 heteroatoms. The summed E-state index contributed by atoms with van der Waals surface area (Å²) in [5.41, 5.74) is 1.86. The van der Waals surface area contributed by atoms with Crippen LogP contribution in [0.5, 0.6) is 0 Å². The highest BCUT2D eigenvalue weighted by atomic mass is 79.9. The number of amides is 1. The fourth-order valence-electron chi connectivity index (χ4n) is 2.07. The lowest BCUT2D eigenvalue weighted by Crippen LogP contribution is -2.21. The van der Waals surface area contributed by atoms with Crippen molar-refractivity contribution in [1.82, 2.24) is 4.57 Å². The minimum absolute atomic E-state index is 0.0339. The average Bonchev–Trinajstić information content (AvgIpc) is 2.89. The number of aromatic carboxylic acids is 1. The van der Waals surface area contributed by atoms with Crippen LogP contribution in [-0.2, 0) is 17.8 Å². The van der Waals surface area contributed by atoms with E-state index in [2.05, 4.69) is 21.2 Å². The highest BCUT2D eigenvalue weighted by Gasteiger charge is 2.12. The molecule has 5 nitrogen and oxygen atoms in total. The molecule has 2 aromatic rings. The first-order valence-electron chi connectivity index (χ1n) is 6.48. The first kappa shape index (κ1) is 15.3. The number of aryl methyl sites for hydroxylation is 1. The number of rotatable bonds is 5. The van der Waals surface area contributed by atoms with Crippen LogP contribution in [0.4, 0.5) is 5.69 Å². The molecule has 0 atom stereocenters. The largest absolute Gasteiger partial charge is 0.477 e. The molecule has 1 amide bonds. The summed E-state index contributed by atoms with van der Waals surface area (Å²) < 4.78 is 2.36. The Kier molecular flexibility index (Phi) is 4.80. The second kappa shape index (κ2) is 6.58. The summed E-state index contributed by atoms with van der Waals surface area (Å²) in [7, 11) is 0. The molecule has 0 aliphatic rings. The van der Waals surface area contributed by atoms with Crippen LogP contribution in [-0.4, -0.2) is 21.6 Å². The standard InChI is InChI=1S/C15H15BrN2O3/c1-2-10-8-11(16)5-6-12(10)17-14(19)9-18-7-3-4-13(18)15(20)21/h3-8H,2,9H2,1H3,(H,17,19)(H,20,21). The van der Waals surface area contributed by atoms with Gasteiger partial charge in [0.1, 0.15) is 12.2 Å². The first-order valence-corrected chi connectivity index (χ1v) is 7.27. The molecule has 0 saturated carbocycles. The van der Waals surface area contributed by atoms with Gasteiger partial charge in [-0.2, -0.15) is 0 Å². The van der Waals surface area contributed by atoms with E-state index in [1.54, 1.807) is 12.3 Å². The third-order valence-electron chi connectivity index (χ3n) is 3.08. The minimum Gasteiger partial charge on any atom is -0.477 e. The van der Waals surface area contributed by atoms with Crippen molar-refractivity contribution in [1.29, 1.82) is 0 Å². The molecule has 0 bridgehead atoms. The van der Waals surface area contributed by atoms with Gasteiger partial charge in [0.05, 0.1) is 0 Å². The number of benzene rings is 1. The zero-order chi connectivity index (χ0) is 15.4. The Balaban J connectivity index is 2.12. The molecular weight excluding hydrogens is 336 g/mol. The third-order valence-corrected chi connectivity index (χ3v) is 3.58. The van der Waals surface area contributed by atoms with Crippen molar-refractivity contribution in [2.75, 3.05) is 5.32 Å². The molecule has 1 heterocycles. The maximum Gasteiger partial charge on any atom is 0.352 e. The number of nitrogens with one attached hydrogen (secondary N) is 1. The molecule has 0 saturated heterocycles.